The van der Waals surface area contributed by atoms with Gasteiger partial charge in [-0.25, -0.2) is 4.68 Å². The second kappa shape index (κ2) is 8.92. The van der Waals surface area contributed by atoms with E-state index in [0.29, 0.717) is 32.1 Å². The summed E-state index contributed by atoms with van der Waals surface area (Å²) in [5.41, 5.74) is 4.16. The first-order valence-corrected chi connectivity index (χ1v) is 12.2. The molecule has 3 aromatic carbocycles. The number of nitro groups is 1. The molecule has 0 unspecified atom stereocenters. The minimum absolute atomic E-state index is 0.0373. The topological polar surface area (TPSA) is 108 Å². The van der Waals surface area contributed by atoms with Gasteiger partial charge in [-0.2, -0.15) is 14.6 Å². The highest BCUT2D eigenvalue weighted by molar-refractivity contribution is 7.15. The van der Waals surface area contributed by atoms with E-state index in [4.69, 9.17) is 5.10 Å². The zero-order valence-electron chi connectivity index (χ0n) is 19.5. The maximum absolute atomic E-state index is 13.2. The summed E-state index contributed by atoms with van der Waals surface area (Å²) in [4.78, 5) is 29.2. The van der Waals surface area contributed by atoms with Crippen LogP contribution in [0.15, 0.2) is 89.9 Å². The third kappa shape index (κ3) is 4.19. The average Bonchev–Trinajstić information content (AvgIpc) is 3.60. The maximum Gasteiger partial charge on any atom is 0.291 e. The fourth-order valence-corrected chi connectivity index (χ4v) is 4.98. The lowest BCUT2D eigenvalue weighted by Gasteiger charge is -2.00. The van der Waals surface area contributed by atoms with Crippen molar-refractivity contribution in [2.24, 2.45) is 0 Å². The van der Waals surface area contributed by atoms with Crippen LogP contribution >= 0.6 is 11.3 Å². The molecular weight excluding hydrogens is 488 g/mol. The van der Waals surface area contributed by atoms with Crippen molar-refractivity contribution in [2.75, 3.05) is 0 Å². The summed E-state index contributed by atoms with van der Waals surface area (Å²) in [7, 11) is 0. The summed E-state index contributed by atoms with van der Waals surface area (Å²) in [6, 6.07) is 23.6. The zero-order valence-corrected chi connectivity index (χ0v) is 20.3. The van der Waals surface area contributed by atoms with Gasteiger partial charge in [0.1, 0.15) is 5.69 Å². The number of hydrogen-bond donors (Lipinski definition) is 0. The third-order valence-corrected chi connectivity index (χ3v) is 6.80. The van der Waals surface area contributed by atoms with Crippen LogP contribution in [0.1, 0.15) is 11.1 Å². The lowest BCUT2D eigenvalue weighted by atomic mass is 10.1. The highest BCUT2D eigenvalue weighted by Crippen LogP contribution is 2.27. The molecule has 0 saturated carbocycles. The van der Waals surface area contributed by atoms with Gasteiger partial charge in [-0.1, -0.05) is 65.4 Å². The summed E-state index contributed by atoms with van der Waals surface area (Å²) >= 11 is 1.23. The molecule has 6 rings (SSSR count). The van der Waals surface area contributed by atoms with Crippen LogP contribution < -0.4 is 10.1 Å². The molecule has 0 aliphatic carbocycles. The molecule has 0 spiro atoms. The molecule has 6 aromatic rings. The first-order chi connectivity index (χ1) is 18.0. The minimum atomic E-state index is -0.442. The molecule has 0 fully saturated rings. The van der Waals surface area contributed by atoms with Crippen LogP contribution in [0.4, 0.5) is 5.69 Å². The number of thiazole rings is 1. The Labute approximate surface area is 213 Å². The Balaban J connectivity index is 1.50. The third-order valence-electron chi connectivity index (χ3n) is 5.84. The van der Waals surface area contributed by atoms with Gasteiger partial charge in [0.2, 0.25) is 4.96 Å². The molecule has 0 radical (unpaired) electrons. The molecule has 0 aliphatic rings. The summed E-state index contributed by atoms with van der Waals surface area (Å²) in [5.74, 6) is 0.493. The predicted octanol–water partition coefficient (Wildman–Crippen LogP) is 4.44. The number of aryl methyl sites for hydroxylation is 1. The smallest absolute Gasteiger partial charge is 0.266 e. The van der Waals surface area contributed by atoms with E-state index in [1.54, 1.807) is 29.1 Å². The van der Waals surface area contributed by atoms with Crippen molar-refractivity contribution < 1.29 is 4.92 Å². The molecule has 0 aliphatic heterocycles. The van der Waals surface area contributed by atoms with E-state index in [1.807, 2.05) is 61.5 Å². The van der Waals surface area contributed by atoms with E-state index < -0.39 is 4.92 Å². The minimum Gasteiger partial charge on any atom is -0.266 e. The molecule has 0 saturated heterocycles. The molecule has 0 bridgehead atoms. The van der Waals surface area contributed by atoms with Crippen LogP contribution in [0, 0.1) is 17.0 Å². The lowest BCUT2D eigenvalue weighted by molar-refractivity contribution is -0.384. The molecule has 3 aromatic heterocycles. The molecule has 0 N–H and O–H groups in total. The van der Waals surface area contributed by atoms with Gasteiger partial charge >= 0.3 is 0 Å². The van der Waals surface area contributed by atoms with Crippen LogP contribution in [0.5, 0.6) is 0 Å². The predicted molar refractivity (Wildman–Crippen MR) is 142 cm³/mol. The van der Waals surface area contributed by atoms with Crippen molar-refractivity contribution in [2.45, 2.75) is 6.92 Å². The number of aromatic nitrogens is 5. The fourth-order valence-electron chi connectivity index (χ4n) is 4.08. The second-order valence-electron chi connectivity index (χ2n) is 8.44. The summed E-state index contributed by atoms with van der Waals surface area (Å²) in [6.07, 6.45) is 3.54. The maximum atomic E-state index is 13.2. The number of fused-ring (bicyclic) bond motifs is 1. The van der Waals surface area contributed by atoms with Gasteiger partial charge in [0, 0.05) is 35.0 Å². The van der Waals surface area contributed by atoms with Crippen molar-refractivity contribution in [1.29, 1.82) is 0 Å². The van der Waals surface area contributed by atoms with Crippen LogP contribution in [-0.2, 0) is 0 Å². The van der Waals surface area contributed by atoms with Gasteiger partial charge < -0.3 is 0 Å². The van der Waals surface area contributed by atoms with Gasteiger partial charge in [0.05, 0.1) is 15.1 Å². The van der Waals surface area contributed by atoms with E-state index >= 15 is 0 Å². The van der Waals surface area contributed by atoms with Gasteiger partial charge in [0.25, 0.3) is 11.2 Å². The molecular formula is C27H18N6O3S. The quantitative estimate of drug-likeness (QED) is 0.253. The number of benzene rings is 3. The molecule has 180 valence electrons. The van der Waals surface area contributed by atoms with E-state index in [9.17, 15) is 14.9 Å². The molecule has 9 nitrogen and oxygen atoms in total. The van der Waals surface area contributed by atoms with E-state index in [0.717, 1.165) is 16.8 Å². The molecule has 37 heavy (non-hydrogen) atoms. The largest absolute Gasteiger partial charge is 0.291 e. The van der Waals surface area contributed by atoms with E-state index in [-0.39, 0.29) is 11.2 Å². The first-order valence-electron chi connectivity index (χ1n) is 11.3. The molecule has 3 heterocycles. The first kappa shape index (κ1) is 22.5. The van der Waals surface area contributed by atoms with Crippen molar-refractivity contribution in [3.05, 3.63) is 121 Å². The van der Waals surface area contributed by atoms with Crippen LogP contribution in [0.25, 0.3) is 39.4 Å². The number of para-hydroxylation sites is 1. The number of non-ortho nitro benzene ring substituents is 1. The standard InChI is InChI=1S/C27H18N6O3S/c1-17-7-5-9-19(13-17)25-28-27-32(30-25)26(34)23(37-27)15-20-16-31(21-10-3-2-4-11-21)29-24(20)18-8-6-12-22(14-18)33(35)36/h2-16H,1H3/b23-15-. The van der Waals surface area contributed by atoms with E-state index in [1.165, 1.54) is 28.0 Å². The highest BCUT2D eigenvalue weighted by Gasteiger charge is 2.16. The Morgan fingerprint density at radius 3 is 2.49 bits per heavy atom. The van der Waals surface area contributed by atoms with Crippen LogP contribution in [0.2, 0.25) is 0 Å². The van der Waals surface area contributed by atoms with Crippen molar-refractivity contribution in [1.82, 2.24) is 24.4 Å². The van der Waals surface area contributed by atoms with Gasteiger partial charge in [-0.15, -0.1) is 5.10 Å². The lowest BCUT2D eigenvalue weighted by Crippen LogP contribution is -2.23. The zero-order chi connectivity index (χ0) is 25.5. The fraction of sp³-hybridized carbons (Fsp3) is 0.0370. The normalized spacial score (nSPS) is 11.9. The molecule has 0 atom stereocenters. The van der Waals surface area contributed by atoms with Crippen LogP contribution in [-0.4, -0.2) is 29.3 Å². The summed E-state index contributed by atoms with van der Waals surface area (Å²) in [6.45, 7) is 1.99. The van der Waals surface area contributed by atoms with Crippen molar-refractivity contribution >= 4 is 28.1 Å². The Morgan fingerprint density at radius 2 is 1.73 bits per heavy atom. The number of hydrogen-bond acceptors (Lipinski definition) is 7. The number of rotatable bonds is 5. The van der Waals surface area contributed by atoms with Gasteiger partial charge in [-0.05, 0) is 31.2 Å². The van der Waals surface area contributed by atoms with Gasteiger partial charge in [-0.3, -0.25) is 14.9 Å². The SMILES string of the molecule is Cc1cccc(-c2nc3s/c(=C\c4cn(-c5ccccc5)nc4-c4cccc([N+](=O)[O-])c4)c(=O)n3n2)c1. The monoisotopic (exact) mass is 506 g/mol. The van der Waals surface area contributed by atoms with Gasteiger partial charge in [0.15, 0.2) is 5.82 Å². The Bertz CT molecular complexity index is 1910. The molecule has 0 amide bonds. The Kier molecular flexibility index (Phi) is 5.42. The molecule has 10 heteroatoms. The number of nitrogens with zero attached hydrogens (tertiary/aromatic N) is 6. The van der Waals surface area contributed by atoms with Crippen molar-refractivity contribution in [3.8, 4) is 28.3 Å². The Morgan fingerprint density at radius 1 is 0.946 bits per heavy atom. The average molecular weight is 507 g/mol. The summed E-state index contributed by atoms with van der Waals surface area (Å²) in [5, 5.41) is 20.5. The number of nitro benzene ring substituents is 1. The van der Waals surface area contributed by atoms with E-state index in [2.05, 4.69) is 10.1 Å². The second-order valence-corrected chi connectivity index (χ2v) is 9.44. The van der Waals surface area contributed by atoms with Crippen molar-refractivity contribution in [3.63, 3.8) is 0 Å². The Hall–Kier alpha value is -4.96. The highest BCUT2D eigenvalue weighted by atomic mass is 32.1. The summed E-state index contributed by atoms with van der Waals surface area (Å²) < 4.78 is 3.44. The van der Waals surface area contributed by atoms with Crippen LogP contribution in [0.3, 0.4) is 0 Å².